The van der Waals surface area contributed by atoms with Crippen LogP contribution in [-0.2, 0) is 15.5 Å². The highest BCUT2D eigenvalue weighted by molar-refractivity contribution is 7.84. The minimum atomic E-state index is -0.643. The first-order chi connectivity index (χ1) is 7.63. The Labute approximate surface area is 102 Å². The standard InChI is InChI=1S/C12H25NO2S/c1-4-16(14)8-6-13-11-5-7-15-12(9-11)10(2)3/h10-13H,4-9H2,1-3H3. The molecule has 0 aliphatic carbocycles. The van der Waals surface area contributed by atoms with Crippen molar-refractivity contribution in [2.45, 2.75) is 45.8 Å². The molecule has 1 saturated heterocycles. The molecule has 0 aromatic carbocycles. The quantitative estimate of drug-likeness (QED) is 0.774. The van der Waals surface area contributed by atoms with Crippen LogP contribution in [-0.4, -0.2) is 41.0 Å². The summed E-state index contributed by atoms with van der Waals surface area (Å²) in [5.41, 5.74) is 0. The minimum Gasteiger partial charge on any atom is -0.378 e. The smallest absolute Gasteiger partial charge is 0.0612 e. The third kappa shape index (κ3) is 4.93. The van der Waals surface area contributed by atoms with Gasteiger partial charge in [0.15, 0.2) is 0 Å². The Bertz CT molecular complexity index is 221. The van der Waals surface area contributed by atoms with Crippen LogP contribution in [0, 0.1) is 5.92 Å². The van der Waals surface area contributed by atoms with Gasteiger partial charge >= 0.3 is 0 Å². The Morgan fingerprint density at radius 1 is 1.50 bits per heavy atom. The van der Waals surface area contributed by atoms with Gasteiger partial charge in [0.2, 0.25) is 0 Å². The zero-order valence-electron chi connectivity index (χ0n) is 10.7. The van der Waals surface area contributed by atoms with E-state index < -0.39 is 10.8 Å². The molecule has 1 fully saturated rings. The van der Waals surface area contributed by atoms with Crippen LogP contribution in [0.5, 0.6) is 0 Å². The largest absolute Gasteiger partial charge is 0.378 e. The summed E-state index contributed by atoms with van der Waals surface area (Å²) in [4.78, 5) is 0. The first-order valence-corrected chi connectivity index (χ1v) is 7.82. The molecule has 4 heteroatoms. The number of hydrogen-bond donors (Lipinski definition) is 1. The van der Waals surface area contributed by atoms with Crippen LogP contribution >= 0.6 is 0 Å². The molecule has 0 aromatic rings. The summed E-state index contributed by atoms with van der Waals surface area (Å²) in [6, 6.07) is 0.551. The van der Waals surface area contributed by atoms with Crippen molar-refractivity contribution in [2.75, 3.05) is 24.7 Å². The lowest BCUT2D eigenvalue weighted by molar-refractivity contribution is -0.0240. The Kier molecular flexibility index (Phi) is 6.54. The molecule has 1 aliphatic rings. The summed E-state index contributed by atoms with van der Waals surface area (Å²) in [6.45, 7) is 8.12. The van der Waals surface area contributed by atoms with Crippen molar-refractivity contribution in [3.8, 4) is 0 Å². The van der Waals surface area contributed by atoms with E-state index in [1.54, 1.807) is 0 Å². The fraction of sp³-hybridized carbons (Fsp3) is 1.00. The van der Waals surface area contributed by atoms with Crippen LogP contribution in [0.15, 0.2) is 0 Å². The zero-order valence-corrected chi connectivity index (χ0v) is 11.5. The molecule has 1 N–H and O–H groups in total. The second-order valence-electron chi connectivity index (χ2n) is 4.76. The van der Waals surface area contributed by atoms with E-state index in [1.807, 2.05) is 6.92 Å². The topological polar surface area (TPSA) is 38.3 Å². The summed E-state index contributed by atoms with van der Waals surface area (Å²) in [7, 11) is -0.643. The van der Waals surface area contributed by atoms with Crippen molar-refractivity contribution in [3.63, 3.8) is 0 Å². The van der Waals surface area contributed by atoms with Crippen LogP contribution in [0.1, 0.15) is 33.6 Å². The highest BCUT2D eigenvalue weighted by Crippen LogP contribution is 2.19. The summed E-state index contributed by atoms with van der Waals surface area (Å²) in [6.07, 6.45) is 2.57. The summed E-state index contributed by atoms with van der Waals surface area (Å²) < 4.78 is 17.0. The predicted molar refractivity (Wildman–Crippen MR) is 69.2 cm³/mol. The van der Waals surface area contributed by atoms with Gasteiger partial charge in [0.1, 0.15) is 0 Å². The fourth-order valence-electron chi connectivity index (χ4n) is 2.00. The van der Waals surface area contributed by atoms with Crippen LogP contribution in [0.25, 0.3) is 0 Å². The Hall–Kier alpha value is 0.0700. The molecular formula is C12H25NO2S. The molecule has 3 atom stereocenters. The molecule has 1 heterocycles. The van der Waals surface area contributed by atoms with E-state index in [1.165, 1.54) is 0 Å². The molecule has 0 radical (unpaired) electrons. The van der Waals surface area contributed by atoms with Crippen molar-refractivity contribution in [1.82, 2.24) is 5.32 Å². The van der Waals surface area contributed by atoms with Crippen LogP contribution in [0.2, 0.25) is 0 Å². The number of ether oxygens (including phenoxy) is 1. The summed E-state index contributed by atoms with van der Waals surface area (Å²) >= 11 is 0. The third-order valence-corrected chi connectivity index (χ3v) is 4.45. The molecular weight excluding hydrogens is 222 g/mol. The average Bonchev–Trinajstić information content (AvgIpc) is 2.29. The van der Waals surface area contributed by atoms with Gasteiger partial charge in [-0.05, 0) is 18.8 Å². The van der Waals surface area contributed by atoms with Gasteiger partial charge in [-0.25, -0.2) is 0 Å². The van der Waals surface area contributed by atoms with Gasteiger partial charge in [-0.15, -0.1) is 0 Å². The molecule has 96 valence electrons. The van der Waals surface area contributed by atoms with Crippen molar-refractivity contribution in [1.29, 1.82) is 0 Å². The number of hydrogen-bond acceptors (Lipinski definition) is 3. The lowest BCUT2D eigenvalue weighted by Gasteiger charge is -2.32. The van der Waals surface area contributed by atoms with Crippen LogP contribution in [0.3, 0.4) is 0 Å². The first-order valence-electron chi connectivity index (χ1n) is 6.33. The SMILES string of the molecule is CCS(=O)CCNC1CCOC(C(C)C)C1. The van der Waals surface area contributed by atoms with Crippen molar-refractivity contribution in [3.05, 3.63) is 0 Å². The molecule has 0 amide bonds. The molecule has 0 aromatic heterocycles. The molecule has 1 rings (SSSR count). The average molecular weight is 247 g/mol. The first kappa shape index (κ1) is 14.1. The van der Waals surface area contributed by atoms with E-state index in [9.17, 15) is 4.21 Å². The van der Waals surface area contributed by atoms with Gasteiger partial charge in [-0.3, -0.25) is 4.21 Å². The second kappa shape index (κ2) is 7.41. The maximum absolute atomic E-state index is 11.3. The lowest BCUT2D eigenvalue weighted by Crippen LogP contribution is -2.42. The minimum absolute atomic E-state index is 0.392. The summed E-state index contributed by atoms with van der Waals surface area (Å²) in [5, 5.41) is 3.50. The van der Waals surface area contributed by atoms with E-state index in [-0.39, 0.29) is 0 Å². The van der Waals surface area contributed by atoms with Crippen molar-refractivity contribution < 1.29 is 8.95 Å². The van der Waals surface area contributed by atoms with Crippen LogP contribution < -0.4 is 5.32 Å². The van der Waals surface area contributed by atoms with E-state index in [4.69, 9.17) is 4.74 Å². The Balaban J connectivity index is 2.19. The van der Waals surface area contributed by atoms with E-state index in [0.29, 0.717) is 18.1 Å². The monoisotopic (exact) mass is 247 g/mol. The van der Waals surface area contributed by atoms with Crippen molar-refractivity contribution >= 4 is 10.8 Å². The Morgan fingerprint density at radius 3 is 2.88 bits per heavy atom. The van der Waals surface area contributed by atoms with E-state index in [2.05, 4.69) is 19.2 Å². The van der Waals surface area contributed by atoms with Gasteiger partial charge in [-0.1, -0.05) is 20.8 Å². The van der Waals surface area contributed by atoms with Gasteiger partial charge in [0, 0.05) is 41.5 Å². The molecule has 3 nitrogen and oxygen atoms in total. The lowest BCUT2D eigenvalue weighted by atomic mass is 9.95. The fourth-order valence-corrected chi connectivity index (χ4v) is 2.63. The highest BCUT2D eigenvalue weighted by atomic mass is 32.2. The predicted octanol–water partition coefficient (Wildman–Crippen LogP) is 1.55. The maximum Gasteiger partial charge on any atom is 0.0612 e. The Morgan fingerprint density at radius 2 is 2.25 bits per heavy atom. The molecule has 1 aliphatic heterocycles. The molecule has 0 bridgehead atoms. The highest BCUT2D eigenvalue weighted by Gasteiger charge is 2.24. The summed E-state index contributed by atoms with van der Waals surface area (Å²) in [5.74, 6) is 2.14. The molecule has 0 spiro atoms. The van der Waals surface area contributed by atoms with Gasteiger partial charge < -0.3 is 10.1 Å². The molecule has 3 unspecified atom stereocenters. The van der Waals surface area contributed by atoms with Gasteiger partial charge in [0.05, 0.1) is 6.10 Å². The van der Waals surface area contributed by atoms with Gasteiger partial charge in [-0.2, -0.15) is 0 Å². The van der Waals surface area contributed by atoms with Crippen LogP contribution in [0.4, 0.5) is 0 Å². The van der Waals surface area contributed by atoms with E-state index in [0.717, 1.165) is 37.5 Å². The maximum atomic E-state index is 11.3. The number of nitrogens with one attached hydrogen (secondary N) is 1. The molecule has 16 heavy (non-hydrogen) atoms. The molecule has 0 saturated carbocycles. The normalized spacial score (nSPS) is 28.2. The van der Waals surface area contributed by atoms with Gasteiger partial charge in [0.25, 0.3) is 0 Å². The van der Waals surface area contributed by atoms with E-state index >= 15 is 0 Å². The zero-order chi connectivity index (χ0) is 12.0. The second-order valence-corrected chi connectivity index (χ2v) is 6.63. The van der Waals surface area contributed by atoms with Crippen molar-refractivity contribution in [2.24, 2.45) is 5.92 Å². The third-order valence-electron chi connectivity index (χ3n) is 3.14. The number of rotatable bonds is 6.